The van der Waals surface area contributed by atoms with Crippen LogP contribution >= 0.6 is 94.1 Å². The van der Waals surface area contributed by atoms with Crippen LogP contribution in [0.25, 0.3) is 89.7 Å². The topological polar surface area (TPSA) is 109 Å². The number of aromatic amines is 2. The standard InChI is InChI=1S/C70H82N8S8/c1-12-14-16-18-20-22-24-26-34-79-62-63(80-35-27-25-23-21-19-17-15-13-2)84-66(83-62)67-85-64-65(86-67)82-53-40-51-50(39-52(53)81-64)60-76-56-45-32-29-42(69(6,7)8)37-48(45)58(74-56)72-54-44-31-28-41(68(3,4)5)36-47(44)57(71-54)73-55-46-33-30-43(70(9,10)11)38-49(46)59(75-55)77-61(51)78-60/h28-33,36-40H,12-27,34-35H2,1-11H3,(H2,71,72,73,74,75,76,77,78). The van der Waals surface area contributed by atoms with E-state index in [0.717, 1.165) is 43.8 Å². The van der Waals surface area contributed by atoms with Crippen LogP contribution in [0.2, 0.25) is 0 Å². The second-order valence-corrected chi connectivity index (χ2v) is 36.4. The van der Waals surface area contributed by atoms with Crippen LogP contribution in [0.4, 0.5) is 0 Å². The molecule has 16 heteroatoms. The summed E-state index contributed by atoms with van der Waals surface area (Å²) in [5, 5.41) is 3.94. The van der Waals surface area contributed by atoms with Gasteiger partial charge in [0.05, 0.1) is 25.4 Å². The minimum absolute atomic E-state index is 0.0849. The van der Waals surface area contributed by atoms with Gasteiger partial charge in [-0.25, -0.2) is 29.9 Å². The molecule has 0 unspecified atom stereocenters. The van der Waals surface area contributed by atoms with E-state index in [0.29, 0.717) is 45.9 Å². The fourth-order valence-corrected chi connectivity index (χ4v) is 23.5. The normalized spacial score (nSPS) is 15.2. The number of benzene rings is 4. The molecule has 86 heavy (non-hydrogen) atoms. The van der Waals surface area contributed by atoms with Crippen molar-refractivity contribution in [2.45, 2.75) is 205 Å². The van der Waals surface area contributed by atoms with Crippen molar-refractivity contribution in [2.75, 3.05) is 11.5 Å². The first kappa shape index (κ1) is 62.5. The van der Waals surface area contributed by atoms with E-state index in [4.69, 9.17) is 29.9 Å². The predicted molar refractivity (Wildman–Crippen MR) is 385 cm³/mol. The molecule has 0 aliphatic carbocycles. The maximum atomic E-state index is 5.56. The number of unbranched alkanes of at least 4 members (excludes halogenated alkanes) is 14. The molecule has 5 aliphatic heterocycles. The molecule has 0 saturated carbocycles. The number of hydrogen-bond acceptors (Lipinski definition) is 14. The van der Waals surface area contributed by atoms with Crippen molar-refractivity contribution in [3.05, 3.63) is 109 Å². The Morgan fingerprint density at radius 1 is 0.337 bits per heavy atom. The molecule has 4 aromatic carbocycles. The number of thioether (sulfide) groups is 8. The van der Waals surface area contributed by atoms with Crippen LogP contribution in [0.3, 0.4) is 0 Å². The summed E-state index contributed by atoms with van der Waals surface area (Å²) in [5.41, 5.74) is 9.96. The van der Waals surface area contributed by atoms with Gasteiger partial charge in [0.25, 0.3) is 0 Å². The molecule has 0 fully saturated rings. The van der Waals surface area contributed by atoms with Crippen molar-refractivity contribution in [1.29, 1.82) is 0 Å². The Balaban J connectivity index is 0.919. The van der Waals surface area contributed by atoms with E-state index in [2.05, 4.69) is 176 Å². The molecule has 2 N–H and O–H groups in total. The van der Waals surface area contributed by atoms with E-state index < -0.39 is 0 Å². The average molecular weight is 1290 g/mol. The van der Waals surface area contributed by atoms with E-state index in [9.17, 15) is 0 Å². The van der Waals surface area contributed by atoms with Crippen LogP contribution in [0.5, 0.6) is 0 Å². The van der Waals surface area contributed by atoms with E-state index in [1.807, 2.05) is 70.6 Å². The second kappa shape index (κ2) is 26.6. The van der Waals surface area contributed by atoms with Gasteiger partial charge in [-0.2, -0.15) is 0 Å². The smallest absolute Gasteiger partial charge is 0.164 e. The van der Waals surface area contributed by atoms with Crippen LogP contribution in [-0.4, -0.2) is 51.4 Å². The zero-order valence-corrected chi connectivity index (χ0v) is 58.6. The number of hydrogen-bond donors (Lipinski definition) is 2. The quantitative estimate of drug-likeness (QED) is 0.0707. The first-order chi connectivity index (χ1) is 41.4. The molecule has 5 aliphatic rings. The second-order valence-electron chi connectivity index (χ2n) is 26.5. The Hall–Kier alpha value is -3.74. The summed E-state index contributed by atoms with van der Waals surface area (Å²) in [5.74, 6) is 4.86. The number of aromatic nitrogens is 8. The summed E-state index contributed by atoms with van der Waals surface area (Å²) in [7, 11) is 0. The molecule has 8 heterocycles. The number of H-pyrrole nitrogens is 2. The van der Waals surface area contributed by atoms with Gasteiger partial charge < -0.3 is 9.97 Å². The van der Waals surface area contributed by atoms with Crippen molar-refractivity contribution >= 4 is 138 Å². The fourth-order valence-electron chi connectivity index (χ4n) is 11.4. The molecule has 7 aromatic rings. The van der Waals surface area contributed by atoms with Crippen LogP contribution in [0.15, 0.2) is 102 Å². The van der Waals surface area contributed by atoms with Gasteiger partial charge in [-0.05, 0) is 87.6 Å². The minimum Gasteiger partial charge on any atom is -0.324 e. The van der Waals surface area contributed by atoms with Crippen molar-refractivity contribution in [2.24, 2.45) is 0 Å². The molecule has 8 bridgehead atoms. The number of nitrogens with one attached hydrogen (secondary N) is 2. The van der Waals surface area contributed by atoms with Crippen LogP contribution in [-0.2, 0) is 16.2 Å². The van der Waals surface area contributed by atoms with Gasteiger partial charge >= 0.3 is 0 Å². The summed E-state index contributed by atoms with van der Waals surface area (Å²) in [6.45, 7) is 24.9. The summed E-state index contributed by atoms with van der Waals surface area (Å²) in [4.78, 5) is 42.6. The minimum atomic E-state index is -0.0984. The lowest BCUT2D eigenvalue weighted by atomic mass is 9.85. The third-order valence-corrected chi connectivity index (χ3v) is 28.4. The van der Waals surface area contributed by atoms with Crippen molar-refractivity contribution in [3.63, 3.8) is 0 Å². The Kier molecular flexibility index (Phi) is 19.3. The molecule has 3 aromatic heterocycles. The third kappa shape index (κ3) is 13.8. The van der Waals surface area contributed by atoms with Gasteiger partial charge in [-0.1, -0.05) is 273 Å². The van der Waals surface area contributed by atoms with Crippen LogP contribution in [0.1, 0.15) is 196 Å². The first-order valence-electron chi connectivity index (χ1n) is 31.4. The van der Waals surface area contributed by atoms with E-state index >= 15 is 0 Å². The fraction of sp³-hybridized carbons (Fsp3) is 0.457. The monoisotopic (exact) mass is 1290 g/mol. The van der Waals surface area contributed by atoms with E-state index in [1.165, 1.54) is 166 Å². The molecule has 0 spiro atoms. The molecule has 12 rings (SSSR count). The van der Waals surface area contributed by atoms with Crippen LogP contribution in [0, 0.1) is 0 Å². The zero-order chi connectivity index (χ0) is 59.9. The lowest BCUT2D eigenvalue weighted by molar-refractivity contribution is 0.586. The Bertz CT molecular complexity index is 3980. The van der Waals surface area contributed by atoms with Crippen molar-refractivity contribution in [3.8, 4) is 45.6 Å². The van der Waals surface area contributed by atoms with Gasteiger partial charge in [0, 0.05) is 53.6 Å². The van der Waals surface area contributed by atoms with Crippen molar-refractivity contribution in [1.82, 2.24) is 39.9 Å². The summed E-state index contributed by atoms with van der Waals surface area (Å²) >= 11 is 16.1. The summed E-state index contributed by atoms with van der Waals surface area (Å²) in [6, 6.07) is 24.7. The highest BCUT2D eigenvalue weighted by atomic mass is 32.3. The molecule has 0 radical (unpaired) electrons. The highest BCUT2D eigenvalue weighted by Gasteiger charge is 2.35. The zero-order valence-electron chi connectivity index (χ0n) is 52.0. The first-order valence-corrected chi connectivity index (χ1v) is 38.3. The van der Waals surface area contributed by atoms with Crippen molar-refractivity contribution < 1.29 is 0 Å². The highest BCUT2D eigenvalue weighted by molar-refractivity contribution is 8.45. The molecule has 0 atom stereocenters. The third-order valence-electron chi connectivity index (χ3n) is 16.6. The Labute approximate surface area is 544 Å². The Morgan fingerprint density at radius 2 is 0.674 bits per heavy atom. The molecule has 0 saturated heterocycles. The molecule has 0 amide bonds. The highest BCUT2D eigenvalue weighted by Crippen LogP contribution is 2.69. The molecular formula is C70H82N8S8. The summed E-state index contributed by atoms with van der Waals surface area (Å²) < 4.78 is 8.68. The summed E-state index contributed by atoms with van der Waals surface area (Å²) in [6.07, 6.45) is 21.7. The van der Waals surface area contributed by atoms with Gasteiger partial charge in [0.15, 0.2) is 23.3 Å². The molecule has 450 valence electrons. The predicted octanol–water partition coefficient (Wildman–Crippen LogP) is 24.0. The molecular weight excluding hydrogens is 1210 g/mol. The van der Waals surface area contributed by atoms with E-state index in [-0.39, 0.29) is 16.2 Å². The maximum absolute atomic E-state index is 5.56. The maximum Gasteiger partial charge on any atom is 0.164 e. The van der Waals surface area contributed by atoms with Gasteiger partial charge in [-0.15, -0.1) is 23.5 Å². The Morgan fingerprint density at radius 3 is 1.09 bits per heavy atom. The number of rotatable bonds is 20. The van der Waals surface area contributed by atoms with E-state index in [1.54, 1.807) is 0 Å². The van der Waals surface area contributed by atoms with Gasteiger partial charge in [-0.3, -0.25) is 0 Å². The average Bonchev–Trinajstić information content (AvgIpc) is 4.39. The van der Waals surface area contributed by atoms with Gasteiger partial charge in [0.2, 0.25) is 0 Å². The molecule has 8 nitrogen and oxygen atoms in total. The number of fused-ring (bicyclic) bond motifs is 21. The van der Waals surface area contributed by atoms with Crippen LogP contribution < -0.4 is 0 Å². The largest absolute Gasteiger partial charge is 0.324 e. The lowest BCUT2D eigenvalue weighted by Crippen LogP contribution is -2.10. The van der Waals surface area contributed by atoms with Gasteiger partial charge in [0.1, 0.15) is 22.6 Å². The lowest BCUT2D eigenvalue weighted by Gasteiger charge is -2.19. The number of nitrogens with zero attached hydrogens (tertiary/aromatic N) is 6. The SMILES string of the molecule is CCCCCCCCCCSC1=C(SCCCCCCCCCC)SC(=C2SC3=C(S2)Sc2cc4c5nc6nc(nc7[nH]c(nc8nc(nc([nH]5)c4cc2S3)-c2ccc(C(C)(C)C)cc2-8)c2ccc(C(C)(C)C)cc72)-c2ccc(C(C)(C)C)cc2-6)S1.